The van der Waals surface area contributed by atoms with Crippen molar-refractivity contribution in [1.29, 1.82) is 0 Å². The lowest BCUT2D eigenvalue weighted by Gasteiger charge is -2.29. The molecule has 0 amide bonds. The van der Waals surface area contributed by atoms with Crippen molar-refractivity contribution in [1.82, 2.24) is 4.90 Å². The molecule has 3 nitrogen and oxygen atoms in total. The average molecular weight is 274 g/mol. The summed E-state index contributed by atoms with van der Waals surface area (Å²) < 4.78 is 37.8. The SMILES string of the molecule is NC1CC(N(CCO)CC(F)(F)F)c2ccccc21. The zero-order valence-electron chi connectivity index (χ0n) is 10.4. The molecule has 106 valence electrons. The first-order valence-electron chi connectivity index (χ1n) is 6.18. The quantitative estimate of drug-likeness (QED) is 0.882. The van der Waals surface area contributed by atoms with Crippen LogP contribution in [0.25, 0.3) is 0 Å². The molecule has 0 aliphatic heterocycles. The number of alkyl halides is 3. The van der Waals surface area contributed by atoms with Gasteiger partial charge in [0, 0.05) is 18.6 Å². The number of fused-ring (bicyclic) bond motifs is 1. The van der Waals surface area contributed by atoms with E-state index in [1.165, 1.54) is 4.90 Å². The summed E-state index contributed by atoms with van der Waals surface area (Å²) in [6.07, 6.45) is -3.83. The molecule has 6 heteroatoms. The van der Waals surface area contributed by atoms with E-state index in [1.807, 2.05) is 18.2 Å². The van der Waals surface area contributed by atoms with Gasteiger partial charge in [-0.1, -0.05) is 24.3 Å². The molecule has 0 heterocycles. The number of aliphatic hydroxyl groups is 1. The highest BCUT2D eigenvalue weighted by atomic mass is 19.4. The van der Waals surface area contributed by atoms with Crippen molar-refractivity contribution >= 4 is 0 Å². The maximum Gasteiger partial charge on any atom is 0.401 e. The van der Waals surface area contributed by atoms with Crippen LogP contribution in [0.3, 0.4) is 0 Å². The van der Waals surface area contributed by atoms with Crippen molar-refractivity contribution in [2.24, 2.45) is 5.73 Å². The lowest BCUT2D eigenvalue weighted by molar-refractivity contribution is -0.152. The number of nitrogens with two attached hydrogens (primary N) is 1. The Morgan fingerprint density at radius 3 is 2.47 bits per heavy atom. The van der Waals surface area contributed by atoms with Crippen molar-refractivity contribution in [3.05, 3.63) is 35.4 Å². The topological polar surface area (TPSA) is 49.5 Å². The van der Waals surface area contributed by atoms with Crippen molar-refractivity contribution in [2.45, 2.75) is 24.7 Å². The number of aliphatic hydroxyl groups excluding tert-OH is 1. The Bertz CT molecular complexity index is 436. The van der Waals surface area contributed by atoms with Gasteiger partial charge in [-0.05, 0) is 17.5 Å². The van der Waals surface area contributed by atoms with Gasteiger partial charge in [0.2, 0.25) is 0 Å². The van der Waals surface area contributed by atoms with Crippen LogP contribution in [0.4, 0.5) is 13.2 Å². The first-order valence-corrected chi connectivity index (χ1v) is 6.18. The second-order valence-electron chi connectivity index (χ2n) is 4.80. The molecule has 1 aliphatic rings. The Balaban J connectivity index is 2.24. The molecular formula is C13H17F3N2O. The molecular weight excluding hydrogens is 257 g/mol. The van der Waals surface area contributed by atoms with E-state index >= 15 is 0 Å². The van der Waals surface area contributed by atoms with Crippen LogP contribution >= 0.6 is 0 Å². The Morgan fingerprint density at radius 1 is 1.26 bits per heavy atom. The summed E-state index contributed by atoms with van der Waals surface area (Å²) in [4.78, 5) is 1.26. The maximum atomic E-state index is 12.6. The van der Waals surface area contributed by atoms with Crippen LogP contribution in [0.15, 0.2) is 24.3 Å². The van der Waals surface area contributed by atoms with Crippen molar-refractivity contribution in [3.63, 3.8) is 0 Å². The number of nitrogens with zero attached hydrogens (tertiary/aromatic N) is 1. The van der Waals surface area contributed by atoms with Gasteiger partial charge in [0.05, 0.1) is 13.2 Å². The van der Waals surface area contributed by atoms with Gasteiger partial charge in [-0.2, -0.15) is 13.2 Å². The second kappa shape index (κ2) is 5.48. The van der Waals surface area contributed by atoms with Gasteiger partial charge >= 0.3 is 6.18 Å². The summed E-state index contributed by atoms with van der Waals surface area (Å²) in [6.45, 7) is -1.34. The van der Waals surface area contributed by atoms with Crippen molar-refractivity contribution < 1.29 is 18.3 Å². The molecule has 3 N–H and O–H groups in total. The van der Waals surface area contributed by atoms with Gasteiger partial charge < -0.3 is 10.8 Å². The highest BCUT2D eigenvalue weighted by molar-refractivity contribution is 5.37. The summed E-state index contributed by atoms with van der Waals surface area (Å²) in [5.41, 5.74) is 7.71. The molecule has 2 unspecified atom stereocenters. The fourth-order valence-corrected chi connectivity index (χ4v) is 2.70. The smallest absolute Gasteiger partial charge is 0.395 e. The Hall–Kier alpha value is -1.11. The molecule has 0 aromatic heterocycles. The fraction of sp³-hybridized carbons (Fsp3) is 0.538. The summed E-state index contributed by atoms with van der Waals surface area (Å²) in [5.74, 6) is 0. The van der Waals surface area contributed by atoms with Crippen LogP contribution in [0.1, 0.15) is 29.6 Å². The number of hydrogen-bond acceptors (Lipinski definition) is 3. The van der Waals surface area contributed by atoms with Crippen LogP contribution < -0.4 is 5.73 Å². The van der Waals surface area contributed by atoms with E-state index in [1.54, 1.807) is 6.07 Å². The standard InChI is InChI=1S/C13H17F3N2O/c14-13(15,16)8-18(5-6-19)12-7-11(17)9-3-1-2-4-10(9)12/h1-4,11-12,19H,5-8,17H2. The van der Waals surface area contributed by atoms with Crippen LogP contribution in [-0.2, 0) is 0 Å². The summed E-state index contributed by atoms with van der Waals surface area (Å²) in [5, 5.41) is 8.97. The monoisotopic (exact) mass is 274 g/mol. The number of halogens is 3. The molecule has 0 fully saturated rings. The van der Waals surface area contributed by atoms with E-state index in [-0.39, 0.29) is 25.2 Å². The van der Waals surface area contributed by atoms with E-state index in [9.17, 15) is 13.2 Å². The molecule has 0 radical (unpaired) electrons. The molecule has 0 spiro atoms. The minimum Gasteiger partial charge on any atom is -0.395 e. The minimum atomic E-state index is -4.28. The second-order valence-corrected chi connectivity index (χ2v) is 4.80. The molecule has 2 atom stereocenters. The third-order valence-corrected chi connectivity index (χ3v) is 3.44. The third-order valence-electron chi connectivity index (χ3n) is 3.44. The lowest BCUT2D eigenvalue weighted by Crippen LogP contribution is -2.38. The van der Waals surface area contributed by atoms with E-state index in [4.69, 9.17) is 10.8 Å². The zero-order chi connectivity index (χ0) is 14.0. The van der Waals surface area contributed by atoms with Gasteiger partial charge in [0.25, 0.3) is 0 Å². The predicted molar refractivity (Wildman–Crippen MR) is 65.4 cm³/mol. The number of hydrogen-bond donors (Lipinski definition) is 2. The van der Waals surface area contributed by atoms with Crippen LogP contribution in [0, 0.1) is 0 Å². The molecule has 1 aromatic rings. The van der Waals surface area contributed by atoms with Crippen LogP contribution in [-0.4, -0.2) is 35.9 Å². The number of benzene rings is 1. The summed E-state index contributed by atoms with van der Waals surface area (Å²) >= 11 is 0. The first-order chi connectivity index (χ1) is 8.92. The van der Waals surface area contributed by atoms with Crippen LogP contribution in [0.5, 0.6) is 0 Å². The highest BCUT2D eigenvalue weighted by Gasteiger charge is 2.38. The molecule has 0 bridgehead atoms. The third kappa shape index (κ3) is 3.26. The molecule has 1 aromatic carbocycles. The molecule has 2 rings (SSSR count). The van der Waals surface area contributed by atoms with E-state index in [0.29, 0.717) is 6.42 Å². The van der Waals surface area contributed by atoms with Gasteiger partial charge in [0.15, 0.2) is 0 Å². The Morgan fingerprint density at radius 2 is 1.89 bits per heavy atom. The van der Waals surface area contributed by atoms with E-state index in [2.05, 4.69) is 0 Å². The van der Waals surface area contributed by atoms with E-state index in [0.717, 1.165) is 11.1 Å². The largest absolute Gasteiger partial charge is 0.401 e. The summed E-state index contributed by atoms with van der Waals surface area (Å²) in [7, 11) is 0. The predicted octanol–water partition coefficient (Wildman–Crippen LogP) is 1.99. The first kappa shape index (κ1) is 14.3. The maximum absolute atomic E-state index is 12.6. The highest BCUT2D eigenvalue weighted by Crippen LogP contribution is 2.41. The van der Waals surface area contributed by atoms with Crippen molar-refractivity contribution in [2.75, 3.05) is 19.7 Å². The van der Waals surface area contributed by atoms with Crippen molar-refractivity contribution in [3.8, 4) is 0 Å². The lowest BCUT2D eigenvalue weighted by atomic mass is 10.1. The fourth-order valence-electron chi connectivity index (χ4n) is 2.70. The molecule has 0 saturated heterocycles. The van der Waals surface area contributed by atoms with Gasteiger partial charge in [-0.25, -0.2) is 0 Å². The number of rotatable bonds is 4. The normalized spacial score (nSPS) is 22.8. The van der Waals surface area contributed by atoms with Gasteiger partial charge in [-0.3, -0.25) is 4.90 Å². The molecule has 1 aliphatic carbocycles. The molecule has 19 heavy (non-hydrogen) atoms. The minimum absolute atomic E-state index is 0.00870. The Kier molecular flexibility index (Phi) is 4.13. The van der Waals surface area contributed by atoms with Crippen LogP contribution in [0.2, 0.25) is 0 Å². The van der Waals surface area contributed by atoms with E-state index < -0.39 is 12.7 Å². The van der Waals surface area contributed by atoms with Gasteiger partial charge in [0.1, 0.15) is 0 Å². The average Bonchev–Trinajstić information content (AvgIpc) is 2.66. The summed E-state index contributed by atoms with van der Waals surface area (Å²) in [6, 6.07) is 6.68. The Labute approximate surface area is 109 Å². The zero-order valence-corrected chi connectivity index (χ0v) is 10.4. The molecule has 0 saturated carbocycles. The van der Waals surface area contributed by atoms with Gasteiger partial charge in [-0.15, -0.1) is 0 Å².